The maximum atomic E-state index is 13.5. The third-order valence-corrected chi connectivity index (χ3v) is 11.4. The van der Waals surface area contributed by atoms with Crippen LogP contribution in [0.3, 0.4) is 0 Å². The molecule has 9 heteroatoms. The number of likely N-dealkylation sites (tertiary alicyclic amines) is 1. The number of carboxylic acids is 1. The van der Waals surface area contributed by atoms with Crippen LogP contribution >= 0.6 is 23.1 Å². The van der Waals surface area contributed by atoms with Crippen LogP contribution in [0, 0.1) is 29.6 Å². The first-order valence-electron chi connectivity index (χ1n) is 12.6. The maximum absolute atomic E-state index is 13.5. The number of hydrogen-bond donors (Lipinski definition) is 1. The minimum absolute atomic E-state index is 0.0230. The minimum atomic E-state index is -1.02. The molecule has 4 aliphatic rings. The van der Waals surface area contributed by atoms with Crippen molar-refractivity contribution in [3.63, 3.8) is 0 Å². The molecule has 3 aromatic rings. The van der Waals surface area contributed by atoms with Crippen LogP contribution in [0.4, 0.5) is 0 Å². The van der Waals surface area contributed by atoms with Gasteiger partial charge in [0.2, 0.25) is 11.8 Å². The van der Waals surface area contributed by atoms with Crippen molar-refractivity contribution in [2.24, 2.45) is 29.6 Å². The van der Waals surface area contributed by atoms with Gasteiger partial charge in [0.05, 0.1) is 29.0 Å². The van der Waals surface area contributed by atoms with Gasteiger partial charge in [-0.25, -0.2) is 0 Å². The number of rotatable bonds is 5. The molecular weight excluding hydrogens is 508 g/mol. The van der Waals surface area contributed by atoms with Gasteiger partial charge in [0.1, 0.15) is 0 Å². The van der Waals surface area contributed by atoms with Crippen molar-refractivity contribution in [3.8, 4) is 5.69 Å². The number of nitrogens with zero attached hydrogens (tertiary/aromatic N) is 2. The second-order valence-electron chi connectivity index (χ2n) is 10.3. The zero-order chi connectivity index (χ0) is 25.4. The van der Waals surface area contributed by atoms with Gasteiger partial charge in [0.15, 0.2) is 0 Å². The molecule has 2 aliphatic heterocycles. The maximum Gasteiger partial charge on any atom is 0.312 e. The highest BCUT2D eigenvalue weighted by molar-refractivity contribution is 8.00. The summed E-state index contributed by atoms with van der Waals surface area (Å²) in [6.07, 6.45) is 0.580. The summed E-state index contributed by atoms with van der Waals surface area (Å²) in [5.74, 6) is -2.08. The van der Waals surface area contributed by atoms with E-state index in [9.17, 15) is 19.2 Å². The van der Waals surface area contributed by atoms with Crippen molar-refractivity contribution in [1.29, 1.82) is 0 Å². The van der Waals surface area contributed by atoms with Crippen LogP contribution in [0.2, 0.25) is 0 Å². The average molecular weight is 533 g/mol. The Bertz CT molecular complexity index is 1480. The highest BCUT2D eigenvalue weighted by atomic mass is 32.2. The van der Waals surface area contributed by atoms with Gasteiger partial charge < -0.3 is 5.11 Å². The molecule has 37 heavy (non-hydrogen) atoms. The molecule has 7 rings (SSSR count). The summed E-state index contributed by atoms with van der Waals surface area (Å²) in [5, 5.41) is 10.2. The lowest BCUT2D eigenvalue weighted by molar-refractivity contribution is -0.142. The van der Waals surface area contributed by atoms with E-state index in [1.165, 1.54) is 16.2 Å². The molecular formula is C28H24N2O5S2. The minimum Gasteiger partial charge on any atom is -0.481 e. The molecule has 2 aliphatic carbocycles. The Kier molecular flexibility index (Phi) is 5.23. The Labute approximate surface area is 221 Å². The molecule has 2 amide bonds. The smallest absolute Gasteiger partial charge is 0.312 e. The number of aliphatic carboxylic acids is 1. The summed E-state index contributed by atoms with van der Waals surface area (Å²) < 4.78 is 1.81. The predicted octanol–water partition coefficient (Wildman–Crippen LogP) is 3.85. The molecule has 2 aromatic carbocycles. The van der Waals surface area contributed by atoms with Crippen molar-refractivity contribution in [2.45, 2.75) is 29.0 Å². The number of thioether (sulfide) groups is 1. The summed E-state index contributed by atoms with van der Waals surface area (Å²) in [4.78, 5) is 53.6. The van der Waals surface area contributed by atoms with Gasteiger partial charge in [-0.3, -0.25) is 28.6 Å². The van der Waals surface area contributed by atoms with E-state index in [-0.39, 0.29) is 58.6 Å². The van der Waals surface area contributed by atoms with E-state index in [0.29, 0.717) is 0 Å². The van der Waals surface area contributed by atoms with Gasteiger partial charge >= 0.3 is 10.8 Å². The van der Waals surface area contributed by atoms with E-state index >= 15 is 0 Å². The molecule has 0 spiro atoms. The monoisotopic (exact) mass is 532 g/mol. The van der Waals surface area contributed by atoms with Crippen LogP contribution in [0.15, 0.2) is 70.5 Å². The van der Waals surface area contributed by atoms with Crippen LogP contribution in [0.25, 0.3) is 5.69 Å². The fourth-order valence-corrected chi connectivity index (χ4v) is 10.6. The number of carboxylic acid groups (broad SMARTS) is 1. The van der Waals surface area contributed by atoms with E-state index in [4.69, 9.17) is 5.11 Å². The standard InChI is InChI=1S/C28H24N2O5S2/c31-18(32)11-12-29-25(33)21-16-13-17(22(21)26(29)34)23-20(16)19(14-7-3-1-4-8-14)24-27(36-23)30(28(35)37-24)15-9-5-2-6-10-15/h1-10,16-17,19-23H,11-13H2,(H,31,32)/t16-,17-,19+,20-,21+,22-,23-/m1/s1. The molecule has 0 unspecified atom stereocenters. The van der Waals surface area contributed by atoms with E-state index in [1.54, 1.807) is 16.3 Å². The quantitative estimate of drug-likeness (QED) is 0.502. The van der Waals surface area contributed by atoms with Crippen LogP contribution in [-0.2, 0) is 14.4 Å². The molecule has 3 fully saturated rings. The molecule has 2 bridgehead atoms. The molecule has 1 aromatic heterocycles. The highest BCUT2D eigenvalue weighted by Gasteiger charge is 2.69. The Hall–Kier alpha value is -3.17. The molecule has 7 nitrogen and oxygen atoms in total. The molecule has 188 valence electrons. The normalized spacial score (nSPS) is 31.4. The second kappa shape index (κ2) is 8.43. The van der Waals surface area contributed by atoms with E-state index < -0.39 is 17.8 Å². The second-order valence-corrected chi connectivity index (χ2v) is 12.5. The number of imide groups is 1. The lowest BCUT2D eigenvalue weighted by atomic mass is 9.68. The fourth-order valence-electron chi connectivity index (χ4n) is 7.40. The van der Waals surface area contributed by atoms with E-state index in [2.05, 4.69) is 12.1 Å². The highest BCUT2D eigenvalue weighted by Crippen LogP contribution is 2.68. The molecule has 7 atom stereocenters. The van der Waals surface area contributed by atoms with Crippen molar-refractivity contribution in [3.05, 3.63) is 80.8 Å². The van der Waals surface area contributed by atoms with Gasteiger partial charge in [0, 0.05) is 22.6 Å². The number of thiazole rings is 1. The number of benzene rings is 2. The van der Waals surface area contributed by atoms with Crippen LogP contribution in [-0.4, -0.2) is 44.2 Å². The van der Waals surface area contributed by atoms with E-state index in [0.717, 1.165) is 27.6 Å². The zero-order valence-corrected chi connectivity index (χ0v) is 21.4. The van der Waals surface area contributed by atoms with Crippen molar-refractivity contribution >= 4 is 40.9 Å². The van der Waals surface area contributed by atoms with Crippen LogP contribution in [0.5, 0.6) is 0 Å². The summed E-state index contributed by atoms with van der Waals surface area (Å²) in [6, 6.07) is 19.9. The van der Waals surface area contributed by atoms with Gasteiger partial charge in [-0.2, -0.15) is 0 Å². The van der Waals surface area contributed by atoms with E-state index in [1.807, 2.05) is 48.5 Å². The molecule has 3 heterocycles. The van der Waals surface area contributed by atoms with Crippen molar-refractivity contribution in [2.75, 3.05) is 6.54 Å². The Morgan fingerprint density at radius 3 is 2.24 bits per heavy atom. The largest absolute Gasteiger partial charge is 0.481 e. The summed E-state index contributed by atoms with van der Waals surface area (Å²) in [6.45, 7) is -0.0646. The van der Waals surface area contributed by atoms with Crippen molar-refractivity contribution < 1.29 is 19.5 Å². The van der Waals surface area contributed by atoms with Gasteiger partial charge in [-0.1, -0.05) is 59.9 Å². The average Bonchev–Trinajstić information content (AvgIpc) is 3.62. The summed E-state index contributed by atoms with van der Waals surface area (Å²) in [7, 11) is 0. The number of fused-ring (bicyclic) bond motifs is 9. The molecule has 1 saturated heterocycles. The first-order valence-corrected chi connectivity index (χ1v) is 14.2. The lowest BCUT2D eigenvalue weighted by Crippen LogP contribution is -2.43. The lowest BCUT2D eigenvalue weighted by Gasteiger charge is -2.43. The Morgan fingerprint density at radius 1 is 0.919 bits per heavy atom. The van der Waals surface area contributed by atoms with Gasteiger partial charge in [-0.05, 0) is 41.9 Å². The number of para-hydroxylation sites is 1. The zero-order valence-electron chi connectivity index (χ0n) is 19.7. The predicted molar refractivity (Wildman–Crippen MR) is 139 cm³/mol. The SMILES string of the molecule is O=C(O)CCN1C(=O)[C@@H]2[C@H]3C[C@@H]([C@@H]2C1=O)[C@@H]1[C@H](c2ccccc2)c2sc(=O)n(-c4ccccc4)c2S[C@H]31. The van der Waals surface area contributed by atoms with Crippen LogP contribution in [0.1, 0.15) is 29.2 Å². The number of carbonyl (C=O) groups excluding carboxylic acids is 2. The van der Waals surface area contributed by atoms with Gasteiger partial charge in [0.25, 0.3) is 0 Å². The van der Waals surface area contributed by atoms with Crippen molar-refractivity contribution in [1.82, 2.24) is 9.47 Å². The number of carbonyl (C=O) groups is 3. The molecule has 1 N–H and O–H groups in total. The van der Waals surface area contributed by atoms with Gasteiger partial charge in [-0.15, -0.1) is 11.8 Å². The third-order valence-electron chi connectivity index (χ3n) is 8.68. The molecule has 0 radical (unpaired) electrons. The van der Waals surface area contributed by atoms with Crippen LogP contribution < -0.4 is 4.87 Å². The summed E-state index contributed by atoms with van der Waals surface area (Å²) >= 11 is 2.99. The summed E-state index contributed by atoms with van der Waals surface area (Å²) in [5.41, 5.74) is 1.96. The Balaban J connectivity index is 1.35. The number of amides is 2. The Morgan fingerprint density at radius 2 is 1.57 bits per heavy atom. The topological polar surface area (TPSA) is 96.7 Å². The molecule has 2 saturated carbocycles. The fraction of sp³-hybridized carbons (Fsp3) is 0.357. The number of aromatic nitrogens is 1. The first kappa shape index (κ1) is 23.0. The first-order chi connectivity index (χ1) is 18.0. The number of hydrogen-bond acceptors (Lipinski definition) is 6. The third kappa shape index (κ3) is 3.26.